The molecule has 0 spiro atoms. The van der Waals surface area contributed by atoms with Gasteiger partial charge in [-0.15, -0.1) is 0 Å². The van der Waals surface area contributed by atoms with Crippen LogP contribution in [0.3, 0.4) is 0 Å². The van der Waals surface area contributed by atoms with Gasteiger partial charge in [0.05, 0.1) is 26.8 Å². The highest BCUT2D eigenvalue weighted by Crippen LogP contribution is 2.49. The fourth-order valence-electron chi connectivity index (χ4n) is 4.41. The third-order valence-corrected chi connectivity index (χ3v) is 5.90. The smallest absolute Gasteiger partial charge is 0.273 e. The molecule has 2 aliphatic rings. The summed E-state index contributed by atoms with van der Waals surface area (Å²) in [6, 6.07) is 18.8. The molecule has 3 atom stereocenters. The van der Waals surface area contributed by atoms with Crippen LogP contribution < -0.4 is 9.96 Å². The zero-order valence-corrected chi connectivity index (χ0v) is 17.4. The Hall–Kier alpha value is -4.64. The van der Waals surface area contributed by atoms with Crippen LogP contribution in [0.4, 0.5) is 22.7 Å². The Morgan fingerprint density at radius 3 is 2.03 bits per heavy atom. The van der Waals surface area contributed by atoms with Gasteiger partial charge in [0.25, 0.3) is 17.3 Å². The van der Waals surface area contributed by atoms with Crippen molar-refractivity contribution >= 4 is 34.6 Å². The maximum Gasteiger partial charge on any atom is 0.274 e. The first-order valence-electron chi connectivity index (χ1n) is 10.2. The first kappa shape index (κ1) is 21.2. The molecule has 3 aromatic carbocycles. The van der Waals surface area contributed by atoms with Gasteiger partial charge in [0.15, 0.2) is 6.10 Å². The maximum absolute atomic E-state index is 13.6. The van der Waals surface area contributed by atoms with Crippen LogP contribution >= 0.6 is 0 Å². The Labute approximate surface area is 192 Å². The molecular formula is C23H16N4O7. The van der Waals surface area contributed by atoms with E-state index in [9.17, 15) is 29.8 Å². The fourth-order valence-corrected chi connectivity index (χ4v) is 4.41. The van der Waals surface area contributed by atoms with E-state index in [2.05, 4.69) is 0 Å². The molecule has 170 valence electrons. The number of para-hydroxylation sites is 2. The van der Waals surface area contributed by atoms with E-state index in [0.717, 1.165) is 4.90 Å². The predicted molar refractivity (Wildman–Crippen MR) is 119 cm³/mol. The molecule has 2 heterocycles. The number of hydrogen-bond acceptors (Lipinski definition) is 8. The molecule has 2 fully saturated rings. The summed E-state index contributed by atoms with van der Waals surface area (Å²) >= 11 is 0. The summed E-state index contributed by atoms with van der Waals surface area (Å²) in [5.74, 6) is -2.32. The molecule has 5 rings (SSSR count). The number of nitrogens with zero attached hydrogens (tertiary/aromatic N) is 4. The minimum atomic E-state index is -1.22. The zero-order chi connectivity index (χ0) is 24.0. The van der Waals surface area contributed by atoms with Gasteiger partial charge in [-0.2, -0.15) is 0 Å². The number of fused-ring (bicyclic) bond motifs is 1. The Bertz CT molecular complexity index is 1310. The Morgan fingerprint density at radius 1 is 0.735 bits per heavy atom. The lowest BCUT2D eigenvalue weighted by Crippen LogP contribution is -2.37. The van der Waals surface area contributed by atoms with Crippen LogP contribution in [0.5, 0.6) is 0 Å². The number of nitro benzene ring substituents is 2. The van der Waals surface area contributed by atoms with E-state index < -0.39 is 39.7 Å². The summed E-state index contributed by atoms with van der Waals surface area (Å²) in [7, 11) is 0. The molecule has 11 heteroatoms. The molecule has 2 aliphatic heterocycles. The molecule has 0 aliphatic carbocycles. The number of nitro groups is 2. The number of anilines is 2. The molecule has 34 heavy (non-hydrogen) atoms. The predicted octanol–water partition coefficient (Wildman–Crippen LogP) is 3.55. The van der Waals surface area contributed by atoms with Crippen LogP contribution in [0.1, 0.15) is 11.6 Å². The quantitative estimate of drug-likeness (QED) is 0.320. The van der Waals surface area contributed by atoms with Gasteiger partial charge in [-0.1, -0.05) is 30.3 Å². The normalized spacial score (nSPS) is 21.6. The number of imide groups is 1. The van der Waals surface area contributed by atoms with Gasteiger partial charge in [-0.05, 0) is 30.3 Å². The second-order valence-electron chi connectivity index (χ2n) is 7.76. The Kier molecular flexibility index (Phi) is 5.02. The average Bonchev–Trinajstić information content (AvgIpc) is 3.35. The lowest BCUT2D eigenvalue weighted by Gasteiger charge is -2.28. The second kappa shape index (κ2) is 8.05. The standard InChI is InChI=1S/C23H16N4O7/c28-22-19-20(17-8-4-5-9-18(17)27(32)33)25(15-6-2-1-3-7-15)34-21(19)23(29)24(22)14-10-12-16(13-11-14)26(30)31/h1-13,19-21H/t19-,20+,21-/m0/s1. The van der Waals surface area contributed by atoms with Crippen LogP contribution in [-0.2, 0) is 14.4 Å². The number of carbonyl (C=O) groups is 2. The minimum absolute atomic E-state index is 0.158. The van der Waals surface area contributed by atoms with Crippen LogP contribution in [-0.4, -0.2) is 27.8 Å². The molecule has 3 aromatic rings. The molecular weight excluding hydrogens is 444 g/mol. The highest BCUT2D eigenvalue weighted by molar-refractivity contribution is 6.24. The summed E-state index contributed by atoms with van der Waals surface area (Å²) in [6.07, 6.45) is -1.22. The number of amides is 2. The van der Waals surface area contributed by atoms with Crippen LogP contribution in [0.2, 0.25) is 0 Å². The molecule has 11 nitrogen and oxygen atoms in total. The number of carbonyl (C=O) groups excluding carboxylic acids is 2. The third-order valence-electron chi connectivity index (χ3n) is 5.90. The first-order valence-corrected chi connectivity index (χ1v) is 10.2. The largest absolute Gasteiger partial charge is 0.274 e. The van der Waals surface area contributed by atoms with Crippen molar-refractivity contribution in [2.24, 2.45) is 5.92 Å². The minimum Gasteiger partial charge on any atom is -0.273 e. The van der Waals surface area contributed by atoms with Crippen LogP contribution in [0.15, 0.2) is 78.9 Å². The summed E-state index contributed by atoms with van der Waals surface area (Å²) in [5.41, 5.74) is 0.531. The van der Waals surface area contributed by atoms with Gasteiger partial charge < -0.3 is 0 Å². The van der Waals surface area contributed by atoms with Crippen molar-refractivity contribution in [3.63, 3.8) is 0 Å². The van der Waals surface area contributed by atoms with Crippen molar-refractivity contribution in [2.45, 2.75) is 12.1 Å². The molecule has 0 saturated carbocycles. The summed E-state index contributed by atoms with van der Waals surface area (Å²) in [6.45, 7) is 0. The van der Waals surface area contributed by atoms with E-state index in [1.54, 1.807) is 36.4 Å². The van der Waals surface area contributed by atoms with Gasteiger partial charge in [-0.3, -0.25) is 34.7 Å². The van der Waals surface area contributed by atoms with E-state index >= 15 is 0 Å². The first-order chi connectivity index (χ1) is 16.4. The molecule has 2 saturated heterocycles. The molecule has 0 unspecified atom stereocenters. The van der Waals surface area contributed by atoms with Gasteiger partial charge in [0, 0.05) is 18.2 Å². The zero-order valence-electron chi connectivity index (χ0n) is 17.4. The second-order valence-corrected chi connectivity index (χ2v) is 7.76. The van der Waals surface area contributed by atoms with Crippen LogP contribution in [0.25, 0.3) is 0 Å². The molecule has 0 bridgehead atoms. The van der Waals surface area contributed by atoms with Gasteiger partial charge in [-0.25, -0.2) is 9.96 Å². The molecule has 0 radical (unpaired) electrons. The van der Waals surface area contributed by atoms with Gasteiger partial charge in [0.2, 0.25) is 5.91 Å². The van der Waals surface area contributed by atoms with Crippen LogP contribution in [0, 0.1) is 26.1 Å². The fraction of sp³-hybridized carbons (Fsp3) is 0.130. The number of benzene rings is 3. The van der Waals surface area contributed by atoms with Gasteiger partial charge in [0.1, 0.15) is 12.0 Å². The average molecular weight is 460 g/mol. The van der Waals surface area contributed by atoms with E-state index in [1.165, 1.54) is 47.5 Å². The lowest BCUT2D eigenvalue weighted by atomic mass is 9.89. The number of non-ortho nitro benzene ring substituents is 1. The topological polar surface area (TPSA) is 136 Å². The Morgan fingerprint density at radius 2 is 1.38 bits per heavy atom. The number of rotatable bonds is 5. The molecule has 0 N–H and O–H groups in total. The van der Waals surface area contributed by atoms with Crippen molar-refractivity contribution < 1.29 is 24.3 Å². The monoisotopic (exact) mass is 460 g/mol. The van der Waals surface area contributed by atoms with Crippen molar-refractivity contribution in [2.75, 3.05) is 9.96 Å². The molecule has 0 aromatic heterocycles. The van der Waals surface area contributed by atoms with Crippen molar-refractivity contribution in [1.29, 1.82) is 0 Å². The third kappa shape index (κ3) is 3.26. The summed E-state index contributed by atoms with van der Waals surface area (Å²) in [4.78, 5) is 55.3. The Balaban J connectivity index is 1.60. The number of hydroxylamine groups is 1. The molecule has 2 amide bonds. The van der Waals surface area contributed by atoms with Crippen molar-refractivity contribution in [1.82, 2.24) is 0 Å². The van der Waals surface area contributed by atoms with Crippen molar-refractivity contribution in [3.05, 3.63) is 105 Å². The van der Waals surface area contributed by atoms with E-state index in [0.29, 0.717) is 5.69 Å². The summed E-state index contributed by atoms with van der Waals surface area (Å²) < 4.78 is 0. The lowest BCUT2D eigenvalue weighted by molar-refractivity contribution is -0.385. The highest BCUT2D eigenvalue weighted by atomic mass is 16.7. The van der Waals surface area contributed by atoms with E-state index in [-0.39, 0.29) is 22.6 Å². The SMILES string of the molecule is O=C1[C@@H]2[C@H](ON(c3ccccc3)[C@@H]2c2ccccc2[N+](=O)[O-])C(=O)N1c1ccc([N+](=O)[O-])cc1. The van der Waals surface area contributed by atoms with Crippen molar-refractivity contribution in [3.8, 4) is 0 Å². The maximum atomic E-state index is 13.6. The van der Waals surface area contributed by atoms with E-state index in [1.807, 2.05) is 0 Å². The number of hydrogen-bond donors (Lipinski definition) is 0. The highest BCUT2D eigenvalue weighted by Gasteiger charge is 2.61. The van der Waals surface area contributed by atoms with E-state index in [4.69, 9.17) is 4.84 Å². The van der Waals surface area contributed by atoms with Gasteiger partial charge >= 0.3 is 0 Å². The summed E-state index contributed by atoms with van der Waals surface area (Å²) in [5, 5.41) is 24.1.